The number of hydrogen-bond acceptors (Lipinski definition) is 3. The minimum Gasteiger partial charge on any atom is -0.275 e. The summed E-state index contributed by atoms with van der Waals surface area (Å²) in [5.41, 5.74) is -2.05. The number of hydrogen-bond donors (Lipinski definition) is 1. The molecule has 1 N–H and O–H groups in total. The van der Waals surface area contributed by atoms with Crippen LogP contribution in [0.25, 0.3) is 5.78 Å². The molecule has 18 heavy (non-hydrogen) atoms. The fourth-order valence-corrected chi connectivity index (χ4v) is 1.46. The Bertz CT molecular complexity index is 628. The third kappa shape index (κ3) is 2.09. The van der Waals surface area contributed by atoms with E-state index in [0.29, 0.717) is 11.9 Å². The van der Waals surface area contributed by atoms with Crippen molar-refractivity contribution in [2.24, 2.45) is 0 Å². The van der Waals surface area contributed by atoms with Gasteiger partial charge in [-0.3, -0.25) is 9.89 Å². The molecule has 8 heteroatoms. The van der Waals surface area contributed by atoms with E-state index < -0.39 is 17.4 Å². The van der Waals surface area contributed by atoms with E-state index in [1.54, 1.807) is 0 Å². The molecule has 1 unspecified atom stereocenters. The minimum atomic E-state index is -4.65. The molecule has 2 aromatic heterocycles. The smallest absolute Gasteiger partial charge is 0.275 e. The average molecular weight is 260 g/mol. The Kier molecular flexibility index (Phi) is 2.88. The summed E-state index contributed by atoms with van der Waals surface area (Å²) >= 11 is 0. The molecule has 0 spiro atoms. The third-order valence-electron chi connectivity index (χ3n) is 2.72. The minimum absolute atomic E-state index is 0.0143. The average Bonchev–Trinajstić information content (AvgIpc) is 2.71. The van der Waals surface area contributed by atoms with Crippen molar-refractivity contribution in [2.45, 2.75) is 32.4 Å². The summed E-state index contributed by atoms with van der Waals surface area (Å²) in [5.74, 6) is 0.201. The van der Waals surface area contributed by atoms with Crippen molar-refractivity contribution in [1.29, 1.82) is 0 Å². The zero-order chi connectivity index (χ0) is 13.5. The second kappa shape index (κ2) is 4.11. The van der Waals surface area contributed by atoms with Crippen molar-refractivity contribution in [2.75, 3.05) is 0 Å². The van der Waals surface area contributed by atoms with Gasteiger partial charge in [0.1, 0.15) is 5.82 Å². The number of H-pyrrole nitrogens is 1. The number of nitrogens with zero attached hydrogens (tertiary/aromatic N) is 3. The predicted octanol–water partition coefficient (Wildman–Crippen LogP) is 1.95. The first kappa shape index (κ1) is 12.6. The first-order chi connectivity index (χ1) is 8.32. The highest BCUT2D eigenvalue weighted by molar-refractivity contribution is 5.29. The highest BCUT2D eigenvalue weighted by atomic mass is 19.4. The van der Waals surface area contributed by atoms with Crippen LogP contribution in [0.3, 0.4) is 0 Å². The van der Waals surface area contributed by atoms with Gasteiger partial charge in [-0.2, -0.15) is 22.7 Å². The van der Waals surface area contributed by atoms with Crippen molar-refractivity contribution in [1.82, 2.24) is 19.6 Å². The summed E-state index contributed by atoms with van der Waals surface area (Å²) in [7, 11) is 0. The zero-order valence-electron chi connectivity index (χ0n) is 9.75. The van der Waals surface area contributed by atoms with Crippen LogP contribution in [0.4, 0.5) is 13.2 Å². The highest BCUT2D eigenvalue weighted by Gasteiger charge is 2.34. The highest BCUT2D eigenvalue weighted by Crippen LogP contribution is 2.26. The van der Waals surface area contributed by atoms with Crippen LogP contribution in [0.5, 0.6) is 0 Å². The van der Waals surface area contributed by atoms with E-state index in [1.165, 1.54) is 0 Å². The molecule has 2 aromatic rings. The molecule has 1 atom stereocenters. The molecule has 0 bridgehead atoms. The van der Waals surface area contributed by atoms with Crippen molar-refractivity contribution < 1.29 is 13.2 Å². The quantitative estimate of drug-likeness (QED) is 0.897. The summed E-state index contributed by atoms with van der Waals surface area (Å²) in [6.07, 6.45) is -3.90. The molecule has 0 aliphatic heterocycles. The van der Waals surface area contributed by atoms with Gasteiger partial charge in [-0.05, 0) is 6.42 Å². The molecule has 0 saturated heterocycles. The van der Waals surface area contributed by atoms with Gasteiger partial charge in [0.2, 0.25) is 0 Å². The second-order valence-electron chi connectivity index (χ2n) is 4.03. The van der Waals surface area contributed by atoms with Crippen LogP contribution in [0.2, 0.25) is 0 Å². The van der Waals surface area contributed by atoms with Gasteiger partial charge in [-0.25, -0.2) is 4.98 Å². The Balaban J connectivity index is 2.63. The van der Waals surface area contributed by atoms with Crippen LogP contribution < -0.4 is 5.56 Å². The van der Waals surface area contributed by atoms with Crippen LogP contribution in [0.15, 0.2) is 10.9 Å². The first-order valence-corrected chi connectivity index (χ1v) is 5.40. The number of halogens is 3. The Labute approximate surface area is 99.7 Å². The molecule has 2 rings (SSSR count). The molecule has 0 radical (unpaired) electrons. The van der Waals surface area contributed by atoms with E-state index in [-0.39, 0.29) is 11.7 Å². The van der Waals surface area contributed by atoms with Crippen molar-refractivity contribution >= 4 is 5.78 Å². The Hall–Kier alpha value is -1.86. The van der Waals surface area contributed by atoms with Crippen LogP contribution >= 0.6 is 0 Å². The number of fused-ring (bicyclic) bond motifs is 1. The van der Waals surface area contributed by atoms with Gasteiger partial charge >= 0.3 is 6.18 Å². The molecule has 98 valence electrons. The number of aromatic amines is 1. The summed E-state index contributed by atoms with van der Waals surface area (Å²) in [4.78, 5) is 18.8. The summed E-state index contributed by atoms with van der Waals surface area (Å²) < 4.78 is 38.3. The molecule has 0 aliphatic rings. The van der Waals surface area contributed by atoms with Gasteiger partial charge in [0.25, 0.3) is 11.3 Å². The Morgan fingerprint density at radius 1 is 1.44 bits per heavy atom. The molecule has 0 aliphatic carbocycles. The number of nitrogens with one attached hydrogen (secondary N) is 1. The van der Waals surface area contributed by atoms with Crippen LogP contribution in [0, 0.1) is 0 Å². The van der Waals surface area contributed by atoms with Crippen molar-refractivity contribution in [3.05, 3.63) is 27.9 Å². The summed E-state index contributed by atoms with van der Waals surface area (Å²) in [5, 5.41) is 2.66. The number of rotatable bonds is 2. The molecule has 0 aromatic carbocycles. The molecule has 0 saturated carbocycles. The van der Waals surface area contributed by atoms with Gasteiger partial charge in [0, 0.05) is 12.0 Å². The van der Waals surface area contributed by atoms with E-state index in [2.05, 4.69) is 15.1 Å². The summed E-state index contributed by atoms with van der Waals surface area (Å²) in [6, 6.07) is 0.450. The van der Waals surface area contributed by atoms with Crippen LogP contribution in [-0.4, -0.2) is 19.6 Å². The predicted molar refractivity (Wildman–Crippen MR) is 57.3 cm³/mol. The van der Waals surface area contributed by atoms with Crippen LogP contribution in [-0.2, 0) is 6.18 Å². The molecular weight excluding hydrogens is 249 g/mol. The SMILES string of the molecule is CCC(C)c1nc2nc(C(F)(F)F)cc(=O)n2[nH]1. The van der Waals surface area contributed by atoms with E-state index in [0.717, 1.165) is 10.9 Å². The van der Waals surface area contributed by atoms with Gasteiger partial charge < -0.3 is 0 Å². The summed E-state index contributed by atoms with van der Waals surface area (Å²) in [6.45, 7) is 3.77. The lowest BCUT2D eigenvalue weighted by atomic mass is 10.1. The lowest BCUT2D eigenvalue weighted by Crippen LogP contribution is -2.20. The van der Waals surface area contributed by atoms with E-state index in [4.69, 9.17) is 0 Å². The fraction of sp³-hybridized carbons (Fsp3) is 0.500. The second-order valence-corrected chi connectivity index (χ2v) is 4.03. The standard InChI is InChI=1S/C10H11F3N4O/c1-3-5(2)8-15-9-14-6(10(11,12)13)4-7(18)17(9)16-8/h4-5H,3H2,1-2H3,(H,14,15,16). The largest absolute Gasteiger partial charge is 0.433 e. The Morgan fingerprint density at radius 3 is 2.67 bits per heavy atom. The van der Waals surface area contributed by atoms with Gasteiger partial charge in [-0.1, -0.05) is 13.8 Å². The van der Waals surface area contributed by atoms with E-state index in [1.807, 2.05) is 13.8 Å². The maximum absolute atomic E-state index is 12.5. The molecule has 2 heterocycles. The van der Waals surface area contributed by atoms with E-state index >= 15 is 0 Å². The Morgan fingerprint density at radius 2 is 2.11 bits per heavy atom. The maximum Gasteiger partial charge on any atom is 0.433 e. The van der Waals surface area contributed by atoms with Crippen LogP contribution in [0.1, 0.15) is 37.7 Å². The lowest BCUT2D eigenvalue weighted by molar-refractivity contribution is -0.141. The van der Waals surface area contributed by atoms with Gasteiger partial charge in [0.05, 0.1) is 0 Å². The lowest BCUT2D eigenvalue weighted by Gasteiger charge is -2.03. The van der Waals surface area contributed by atoms with Crippen molar-refractivity contribution in [3.8, 4) is 0 Å². The fourth-order valence-electron chi connectivity index (χ4n) is 1.46. The zero-order valence-corrected chi connectivity index (χ0v) is 9.75. The normalized spacial score (nSPS) is 14.1. The monoisotopic (exact) mass is 260 g/mol. The topological polar surface area (TPSA) is 63.1 Å². The number of alkyl halides is 3. The van der Waals surface area contributed by atoms with Gasteiger partial charge in [0.15, 0.2) is 5.69 Å². The molecular formula is C10H11F3N4O. The number of aromatic nitrogens is 4. The van der Waals surface area contributed by atoms with Gasteiger partial charge in [-0.15, -0.1) is 0 Å². The molecule has 0 fully saturated rings. The maximum atomic E-state index is 12.5. The van der Waals surface area contributed by atoms with Crippen molar-refractivity contribution in [3.63, 3.8) is 0 Å². The first-order valence-electron chi connectivity index (χ1n) is 5.40. The third-order valence-corrected chi connectivity index (χ3v) is 2.72. The molecule has 5 nitrogen and oxygen atoms in total. The molecule has 0 amide bonds. The van der Waals surface area contributed by atoms with E-state index in [9.17, 15) is 18.0 Å².